The van der Waals surface area contributed by atoms with Crippen LogP contribution in [0.3, 0.4) is 0 Å². The predicted molar refractivity (Wildman–Crippen MR) is 52.7 cm³/mol. The Morgan fingerprint density at radius 1 is 1.38 bits per heavy atom. The Kier molecular flexibility index (Phi) is 3.00. The molecule has 0 aromatic heterocycles. The highest BCUT2D eigenvalue weighted by molar-refractivity contribution is 5.04. The molecule has 1 rings (SSSR count). The Morgan fingerprint density at radius 2 is 2.00 bits per heavy atom. The molecule has 2 N–H and O–H groups in total. The summed E-state index contributed by atoms with van der Waals surface area (Å²) in [6, 6.07) is 0.369. The summed E-state index contributed by atoms with van der Waals surface area (Å²) in [5.41, 5.74) is -0.257. The van der Waals surface area contributed by atoms with Gasteiger partial charge in [-0.15, -0.1) is 0 Å². The lowest BCUT2D eigenvalue weighted by atomic mass is 9.75. The SMILES string of the molecule is CC(C)NC1(CO)COCC1(C)C. The molecule has 1 unspecified atom stereocenters. The molecule has 0 aromatic carbocycles. The normalized spacial score (nSPS) is 32.8. The van der Waals surface area contributed by atoms with Gasteiger partial charge in [0.05, 0.1) is 25.4 Å². The van der Waals surface area contributed by atoms with Gasteiger partial charge in [0.1, 0.15) is 0 Å². The maximum absolute atomic E-state index is 9.46. The molecule has 3 heteroatoms. The van der Waals surface area contributed by atoms with Crippen molar-refractivity contribution < 1.29 is 9.84 Å². The highest BCUT2D eigenvalue weighted by Gasteiger charge is 2.49. The molecule has 0 aromatic rings. The van der Waals surface area contributed by atoms with Crippen molar-refractivity contribution in [3.8, 4) is 0 Å². The minimum atomic E-state index is -0.263. The van der Waals surface area contributed by atoms with Crippen LogP contribution in [0.2, 0.25) is 0 Å². The van der Waals surface area contributed by atoms with Gasteiger partial charge in [-0.1, -0.05) is 27.7 Å². The molecular formula is C10H21NO2. The van der Waals surface area contributed by atoms with Crippen LogP contribution < -0.4 is 5.32 Å². The van der Waals surface area contributed by atoms with E-state index in [0.717, 1.165) is 0 Å². The van der Waals surface area contributed by atoms with Crippen molar-refractivity contribution in [3.63, 3.8) is 0 Å². The first-order chi connectivity index (χ1) is 5.93. The maximum Gasteiger partial charge on any atom is 0.0726 e. The third-order valence-corrected chi connectivity index (χ3v) is 2.94. The van der Waals surface area contributed by atoms with Crippen LogP contribution in [0.1, 0.15) is 27.7 Å². The van der Waals surface area contributed by atoms with Gasteiger partial charge < -0.3 is 15.2 Å². The van der Waals surface area contributed by atoms with E-state index in [1.165, 1.54) is 0 Å². The average Bonchev–Trinajstić information content (AvgIpc) is 2.27. The monoisotopic (exact) mass is 187 g/mol. The van der Waals surface area contributed by atoms with E-state index in [2.05, 4.69) is 33.0 Å². The highest BCUT2D eigenvalue weighted by atomic mass is 16.5. The minimum absolute atomic E-state index is 0.00597. The summed E-state index contributed by atoms with van der Waals surface area (Å²) >= 11 is 0. The van der Waals surface area contributed by atoms with Crippen LogP contribution in [-0.2, 0) is 4.74 Å². The molecule has 0 spiro atoms. The van der Waals surface area contributed by atoms with Crippen LogP contribution in [0.25, 0.3) is 0 Å². The van der Waals surface area contributed by atoms with Crippen LogP contribution in [-0.4, -0.2) is 36.5 Å². The summed E-state index contributed by atoms with van der Waals surface area (Å²) < 4.78 is 5.44. The first kappa shape index (κ1) is 11.0. The molecule has 1 heterocycles. The molecule has 1 aliphatic heterocycles. The molecule has 0 amide bonds. The van der Waals surface area contributed by atoms with Crippen molar-refractivity contribution in [2.24, 2.45) is 5.41 Å². The topological polar surface area (TPSA) is 41.5 Å². The summed E-state index contributed by atoms with van der Waals surface area (Å²) in [5, 5.41) is 12.9. The lowest BCUT2D eigenvalue weighted by Gasteiger charge is -2.40. The lowest BCUT2D eigenvalue weighted by Crippen LogP contribution is -2.60. The van der Waals surface area contributed by atoms with Gasteiger partial charge in [0.15, 0.2) is 0 Å². The molecule has 1 aliphatic rings. The molecule has 0 aliphatic carbocycles. The molecule has 78 valence electrons. The van der Waals surface area contributed by atoms with Crippen molar-refractivity contribution >= 4 is 0 Å². The summed E-state index contributed by atoms with van der Waals surface area (Å²) in [5.74, 6) is 0. The molecule has 1 saturated heterocycles. The molecule has 0 saturated carbocycles. The van der Waals surface area contributed by atoms with Crippen molar-refractivity contribution in [1.82, 2.24) is 5.32 Å². The number of hydrogen-bond donors (Lipinski definition) is 2. The van der Waals surface area contributed by atoms with Gasteiger partial charge >= 0.3 is 0 Å². The zero-order valence-corrected chi connectivity index (χ0v) is 9.05. The molecule has 1 fully saturated rings. The first-order valence-corrected chi connectivity index (χ1v) is 4.90. The van der Waals surface area contributed by atoms with Gasteiger partial charge in [0, 0.05) is 11.5 Å². The van der Waals surface area contributed by atoms with Gasteiger partial charge in [-0.25, -0.2) is 0 Å². The third kappa shape index (κ3) is 1.87. The van der Waals surface area contributed by atoms with E-state index in [-0.39, 0.29) is 17.6 Å². The fourth-order valence-corrected chi connectivity index (χ4v) is 1.91. The predicted octanol–water partition coefficient (Wildman–Crippen LogP) is 0.772. The maximum atomic E-state index is 9.46. The Bertz CT molecular complexity index is 180. The minimum Gasteiger partial charge on any atom is -0.394 e. The number of rotatable bonds is 3. The summed E-state index contributed by atoms with van der Waals surface area (Å²) in [4.78, 5) is 0. The molecule has 0 radical (unpaired) electrons. The second-order valence-corrected chi connectivity index (χ2v) is 4.92. The van der Waals surface area contributed by atoms with Gasteiger partial charge in [-0.05, 0) is 0 Å². The molecule has 1 atom stereocenters. The second kappa shape index (κ2) is 3.56. The summed E-state index contributed by atoms with van der Waals surface area (Å²) in [6.07, 6.45) is 0. The fourth-order valence-electron chi connectivity index (χ4n) is 1.91. The average molecular weight is 187 g/mol. The third-order valence-electron chi connectivity index (χ3n) is 2.94. The number of aliphatic hydroxyl groups is 1. The standard InChI is InChI=1S/C10H21NO2/c1-8(2)11-10(5-12)7-13-6-9(10,3)4/h8,11-12H,5-7H2,1-4H3. The van der Waals surface area contributed by atoms with Crippen LogP contribution >= 0.6 is 0 Å². The Balaban J connectivity index is 2.79. The first-order valence-electron chi connectivity index (χ1n) is 4.90. The van der Waals surface area contributed by atoms with E-state index < -0.39 is 0 Å². The molecule has 3 nitrogen and oxygen atoms in total. The van der Waals surface area contributed by atoms with Crippen LogP contribution in [0, 0.1) is 5.41 Å². The van der Waals surface area contributed by atoms with E-state index in [4.69, 9.17) is 4.74 Å². The van der Waals surface area contributed by atoms with Crippen LogP contribution in [0.4, 0.5) is 0 Å². The van der Waals surface area contributed by atoms with E-state index >= 15 is 0 Å². The van der Waals surface area contributed by atoms with E-state index in [1.807, 2.05) is 0 Å². The van der Waals surface area contributed by atoms with E-state index in [1.54, 1.807) is 0 Å². The summed E-state index contributed by atoms with van der Waals surface area (Å²) in [7, 11) is 0. The van der Waals surface area contributed by atoms with Crippen LogP contribution in [0.15, 0.2) is 0 Å². The quantitative estimate of drug-likeness (QED) is 0.686. The van der Waals surface area contributed by atoms with Crippen molar-refractivity contribution in [3.05, 3.63) is 0 Å². The van der Waals surface area contributed by atoms with E-state index in [9.17, 15) is 5.11 Å². The van der Waals surface area contributed by atoms with Gasteiger partial charge in [0.2, 0.25) is 0 Å². The Hall–Kier alpha value is -0.120. The highest BCUT2D eigenvalue weighted by Crippen LogP contribution is 2.37. The van der Waals surface area contributed by atoms with Crippen molar-refractivity contribution in [1.29, 1.82) is 0 Å². The number of aliphatic hydroxyl groups excluding tert-OH is 1. The zero-order valence-electron chi connectivity index (χ0n) is 9.05. The number of hydrogen-bond acceptors (Lipinski definition) is 3. The van der Waals surface area contributed by atoms with Gasteiger partial charge in [0.25, 0.3) is 0 Å². The largest absolute Gasteiger partial charge is 0.394 e. The second-order valence-electron chi connectivity index (χ2n) is 4.92. The Labute approximate surface area is 80.5 Å². The van der Waals surface area contributed by atoms with Gasteiger partial charge in [-0.2, -0.15) is 0 Å². The van der Waals surface area contributed by atoms with Crippen molar-refractivity contribution in [2.45, 2.75) is 39.3 Å². The lowest BCUT2D eigenvalue weighted by molar-refractivity contribution is 0.0792. The van der Waals surface area contributed by atoms with Crippen molar-refractivity contribution in [2.75, 3.05) is 19.8 Å². The molecule has 13 heavy (non-hydrogen) atoms. The number of nitrogens with one attached hydrogen (secondary N) is 1. The number of ether oxygens (including phenoxy) is 1. The fraction of sp³-hybridized carbons (Fsp3) is 1.00. The molecule has 0 bridgehead atoms. The smallest absolute Gasteiger partial charge is 0.0726 e. The van der Waals surface area contributed by atoms with E-state index in [0.29, 0.717) is 19.3 Å². The summed E-state index contributed by atoms with van der Waals surface area (Å²) in [6.45, 7) is 9.90. The molecular weight excluding hydrogens is 166 g/mol. The van der Waals surface area contributed by atoms with Crippen LogP contribution in [0.5, 0.6) is 0 Å². The zero-order chi connectivity index (χ0) is 10.1. The van der Waals surface area contributed by atoms with Gasteiger partial charge in [-0.3, -0.25) is 0 Å². The Morgan fingerprint density at radius 3 is 2.31 bits per heavy atom.